The predicted molar refractivity (Wildman–Crippen MR) is 112 cm³/mol. The molecule has 0 bridgehead atoms. The zero-order chi connectivity index (χ0) is 16.8. The van der Waals surface area contributed by atoms with Gasteiger partial charge in [-0.2, -0.15) is 0 Å². The van der Waals surface area contributed by atoms with Gasteiger partial charge in [0, 0.05) is 6.04 Å². The van der Waals surface area contributed by atoms with Crippen LogP contribution in [0, 0.1) is 0 Å². The molecule has 1 unspecified atom stereocenters. The summed E-state index contributed by atoms with van der Waals surface area (Å²) in [5.74, 6) is 0.323. The summed E-state index contributed by atoms with van der Waals surface area (Å²) >= 11 is 0. The van der Waals surface area contributed by atoms with E-state index in [-0.39, 0.29) is 17.0 Å². The van der Waals surface area contributed by atoms with Crippen molar-refractivity contribution in [1.29, 1.82) is 0 Å². The van der Waals surface area contributed by atoms with Gasteiger partial charge >= 0.3 is 0 Å². The summed E-state index contributed by atoms with van der Waals surface area (Å²) in [5.41, 5.74) is 2.74. The standard InChI is InChI=1S/C22H25NO.BrH/c1-17(7-8-18-5-3-2-4-6-18)23-14-13-19-9-10-21-16-22(24)12-11-20(21)15-19;/h2-6,9-12,15-17,23-24H,7-8,13-14H2,1H3;1H. The van der Waals surface area contributed by atoms with Gasteiger partial charge in [-0.25, -0.2) is 0 Å². The van der Waals surface area contributed by atoms with E-state index in [0.29, 0.717) is 11.8 Å². The molecule has 25 heavy (non-hydrogen) atoms. The first-order valence-corrected chi connectivity index (χ1v) is 8.70. The van der Waals surface area contributed by atoms with E-state index in [1.807, 2.05) is 12.1 Å². The summed E-state index contributed by atoms with van der Waals surface area (Å²) < 4.78 is 0. The third-order valence-electron chi connectivity index (χ3n) is 4.50. The summed E-state index contributed by atoms with van der Waals surface area (Å²) in [6.07, 6.45) is 3.29. The van der Waals surface area contributed by atoms with Crippen molar-refractivity contribution in [2.24, 2.45) is 0 Å². The molecule has 3 rings (SSSR count). The Labute approximate surface area is 160 Å². The minimum Gasteiger partial charge on any atom is -0.508 e. The number of benzene rings is 3. The van der Waals surface area contributed by atoms with Crippen LogP contribution in [-0.2, 0) is 12.8 Å². The minimum atomic E-state index is 0. The quantitative estimate of drug-likeness (QED) is 0.566. The highest BCUT2D eigenvalue weighted by molar-refractivity contribution is 8.93. The fraction of sp³-hybridized carbons (Fsp3) is 0.273. The lowest BCUT2D eigenvalue weighted by Crippen LogP contribution is -2.28. The number of fused-ring (bicyclic) bond motifs is 1. The molecule has 0 aliphatic rings. The first-order valence-electron chi connectivity index (χ1n) is 8.70. The third-order valence-corrected chi connectivity index (χ3v) is 4.50. The molecule has 0 saturated carbocycles. The maximum atomic E-state index is 9.52. The van der Waals surface area contributed by atoms with Crippen LogP contribution in [0.15, 0.2) is 66.7 Å². The van der Waals surface area contributed by atoms with Crippen LogP contribution in [0.3, 0.4) is 0 Å². The topological polar surface area (TPSA) is 32.3 Å². The average molecular weight is 400 g/mol. The maximum Gasteiger partial charge on any atom is 0.116 e. The van der Waals surface area contributed by atoms with E-state index >= 15 is 0 Å². The number of phenols is 1. The highest BCUT2D eigenvalue weighted by atomic mass is 79.9. The van der Waals surface area contributed by atoms with Crippen molar-refractivity contribution in [2.45, 2.75) is 32.2 Å². The molecule has 2 nitrogen and oxygen atoms in total. The summed E-state index contributed by atoms with van der Waals surface area (Å²) in [6.45, 7) is 3.24. The number of aryl methyl sites for hydroxylation is 1. The van der Waals surface area contributed by atoms with Crippen molar-refractivity contribution in [3.8, 4) is 5.75 Å². The van der Waals surface area contributed by atoms with Crippen molar-refractivity contribution in [1.82, 2.24) is 5.32 Å². The molecular weight excluding hydrogens is 374 g/mol. The first-order chi connectivity index (χ1) is 11.7. The zero-order valence-electron chi connectivity index (χ0n) is 14.6. The van der Waals surface area contributed by atoms with E-state index in [9.17, 15) is 5.11 Å². The Morgan fingerprint density at radius 2 is 1.56 bits per heavy atom. The van der Waals surface area contributed by atoms with E-state index in [4.69, 9.17) is 0 Å². The summed E-state index contributed by atoms with van der Waals surface area (Å²) in [4.78, 5) is 0. The highest BCUT2D eigenvalue weighted by Gasteiger charge is 2.03. The number of nitrogens with one attached hydrogen (secondary N) is 1. The van der Waals surface area contributed by atoms with E-state index in [0.717, 1.165) is 31.2 Å². The normalized spacial score (nSPS) is 11.9. The van der Waals surface area contributed by atoms with E-state index in [1.165, 1.54) is 16.5 Å². The van der Waals surface area contributed by atoms with Crippen molar-refractivity contribution in [3.63, 3.8) is 0 Å². The Morgan fingerprint density at radius 1 is 0.840 bits per heavy atom. The molecule has 132 valence electrons. The van der Waals surface area contributed by atoms with Crippen molar-refractivity contribution in [3.05, 3.63) is 77.9 Å². The van der Waals surface area contributed by atoms with Crippen LogP contribution in [-0.4, -0.2) is 17.7 Å². The van der Waals surface area contributed by atoms with Crippen LogP contribution < -0.4 is 5.32 Å². The number of aromatic hydroxyl groups is 1. The Hall–Kier alpha value is -1.84. The molecule has 1 atom stereocenters. The molecule has 3 aromatic rings. The summed E-state index contributed by atoms with van der Waals surface area (Å²) in [5, 5.41) is 15.4. The van der Waals surface area contributed by atoms with Crippen LogP contribution in [0.2, 0.25) is 0 Å². The molecular formula is C22H26BrNO. The van der Waals surface area contributed by atoms with Gasteiger partial charge in [0.2, 0.25) is 0 Å². The fourth-order valence-corrected chi connectivity index (χ4v) is 3.03. The van der Waals surface area contributed by atoms with Crippen molar-refractivity contribution >= 4 is 27.8 Å². The third kappa shape index (κ3) is 5.87. The number of halogens is 1. The maximum absolute atomic E-state index is 9.52. The van der Waals surface area contributed by atoms with Gasteiger partial charge in [-0.1, -0.05) is 54.6 Å². The second-order valence-corrected chi connectivity index (χ2v) is 6.50. The molecule has 0 fully saturated rings. The van der Waals surface area contributed by atoms with Crippen LogP contribution in [0.1, 0.15) is 24.5 Å². The first kappa shape index (κ1) is 19.5. The van der Waals surface area contributed by atoms with Crippen LogP contribution >= 0.6 is 17.0 Å². The average Bonchev–Trinajstić information content (AvgIpc) is 2.61. The fourth-order valence-electron chi connectivity index (χ4n) is 3.03. The van der Waals surface area contributed by atoms with Gasteiger partial charge in [0.15, 0.2) is 0 Å². The second kappa shape index (κ2) is 9.59. The van der Waals surface area contributed by atoms with Gasteiger partial charge in [-0.15, -0.1) is 17.0 Å². The van der Waals surface area contributed by atoms with Crippen molar-refractivity contribution < 1.29 is 5.11 Å². The number of hydrogen-bond acceptors (Lipinski definition) is 2. The molecule has 0 amide bonds. The lowest BCUT2D eigenvalue weighted by Gasteiger charge is -2.14. The Morgan fingerprint density at radius 3 is 2.36 bits per heavy atom. The van der Waals surface area contributed by atoms with Crippen LogP contribution in [0.25, 0.3) is 10.8 Å². The number of hydrogen-bond donors (Lipinski definition) is 2. The van der Waals surface area contributed by atoms with E-state index < -0.39 is 0 Å². The van der Waals surface area contributed by atoms with Gasteiger partial charge in [0.1, 0.15) is 5.75 Å². The molecule has 3 aromatic carbocycles. The molecule has 0 saturated heterocycles. The molecule has 0 aliphatic carbocycles. The smallest absolute Gasteiger partial charge is 0.116 e. The van der Waals surface area contributed by atoms with E-state index in [2.05, 4.69) is 60.8 Å². The highest BCUT2D eigenvalue weighted by Crippen LogP contribution is 2.21. The van der Waals surface area contributed by atoms with Gasteiger partial charge in [0.05, 0.1) is 0 Å². The SMILES string of the molecule is Br.CC(CCc1ccccc1)NCCc1ccc2cc(O)ccc2c1. The number of rotatable bonds is 7. The Bertz CT molecular complexity index is 788. The molecule has 0 heterocycles. The zero-order valence-corrected chi connectivity index (χ0v) is 16.3. The van der Waals surface area contributed by atoms with Gasteiger partial charge in [-0.3, -0.25) is 0 Å². The van der Waals surface area contributed by atoms with Crippen molar-refractivity contribution in [2.75, 3.05) is 6.54 Å². The predicted octanol–water partition coefficient (Wildman–Crippen LogP) is 5.28. The van der Waals surface area contributed by atoms with Crippen LogP contribution in [0.5, 0.6) is 5.75 Å². The lowest BCUT2D eigenvalue weighted by molar-refractivity contribution is 0.476. The van der Waals surface area contributed by atoms with Gasteiger partial charge in [0.25, 0.3) is 0 Å². The second-order valence-electron chi connectivity index (χ2n) is 6.50. The molecule has 0 radical (unpaired) electrons. The summed E-state index contributed by atoms with van der Waals surface area (Å²) in [7, 11) is 0. The van der Waals surface area contributed by atoms with E-state index in [1.54, 1.807) is 6.07 Å². The minimum absolute atomic E-state index is 0. The summed E-state index contributed by atoms with van der Waals surface area (Å²) in [6, 6.07) is 23.2. The van der Waals surface area contributed by atoms with Gasteiger partial charge in [-0.05, 0) is 66.8 Å². The lowest BCUT2D eigenvalue weighted by atomic mass is 10.0. The largest absolute Gasteiger partial charge is 0.508 e. The molecule has 2 N–H and O–H groups in total. The Balaban J connectivity index is 0.00000225. The van der Waals surface area contributed by atoms with Gasteiger partial charge < -0.3 is 10.4 Å². The number of phenolic OH excluding ortho intramolecular Hbond substituents is 1. The van der Waals surface area contributed by atoms with Crippen LogP contribution in [0.4, 0.5) is 0 Å². The molecule has 0 aromatic heterocycles. The molecule has 3 heteroatoms. The molecule has 0 spiro atoms. The molecule has 0 aliphatic heterocycles. The monoisotopic (exact) mass is 399 g/mol. The Kier molecular flexibility index (Phi) is 7.48.